The standard InChI is InChI=1S/C18H17FN4O/c19-8-11-7-15-18(24)14(5-6-23(15)21-11)17-13-4-2-1-3-12(13)16-9-20-10-22(16)17/h1-4,7,9-10,14,17-18,24H,5-6,8H2/t14-,17?,18-/m1/s1. The van der Waals surface area contributed by atoms with E-state index < -0.39 is 12.8 Å². The zero-order valence-electron chi connectivity index (χ0n) is 13.0. The summed E-state index contributed by atoms with van der Waals surface area (Å²) in [7, 11) is 0. The van der Waals surface area contributed by atoms with E-state index in [1.54, 1.807) is 10.7 Å². The molecule has 1 aromatic carbocycles. The zero-order valence-corrected chi connectivity index (χ0v) is 13.0. The summed E-state index contributed by atoms with van der Waals surface area (Å²) in [4.78, 5) is 4.29. The van der Waals surface area contributed by atoms with E-state index in [2.05, 4.69) is 26.8 Å². The monoisotopic (exact) mass is 324 g/mol. The Kier molecular flexibility index (Phi) is 2.91. The number of hydrogen-bond acceptors (Lipinski definition) is 3. The Morgan fingerprint density at radius 3 is 3.04 bits per heavy atom. The summed E-state index contributed by atoms with van der Waals surface area (Å²) < 4.78 is 16.8. The summed E-state index contributed by atoms with van der Waals surface area (Å²) in [6.07, 6.45) is 3.83. The van der Waals surface area contributed by atoms with Crippen molar-refractivity contribution in [1.29, 1.82) is 0 Å². The second-order valence-corrected chi connectivity index (χ2v) is 6.53. The largest absolute Gasteiger partial charge is 0.386 e. The van der Waals surface area contributed by atoms with Crippen molar-refractivity contribution >= 4 is 0 Å². The van der Waals surface area contributed by atoms with Crippen molar-refractivity contribution in [3.8, 4) is 11.3 Å². The van der Waals surface area contributed by atoms with E-state index in [-0.39, 0.29) is 12.0 Å². The molecule has 1 N–H and O–H groups in total. The molecule has 122 valence electrons. The number of hydrogen-bond donors (Lipinski definition) is 1. The van der Waals surface area contributed by atoms with Crippen LogP contribution in [0.4, 0.5) is 4.39 Å². The van der Waals surface area contributed by atoms with Crippen LogP contribution >= 0.6 is 0 Å². The molecule has 3 atom stereocenters. The number of aryl methyl sites for hydroxylation is 1. The summed E-state index contributed by atoms with van der Waals surface area (Å²) >= 11 is 0. The summed E-state index contributed by atoms with van der Waals surface area (Å²) in [5, 5.41) is 15.2. The number of aromatic nitrogens is 4. The molecule has 0 bridgehead atoms. The van der Waals surface area contributed by atoms with Gasteiger partial charge in [0.05, 0.1) is 35.6 Å². The summed E-state index contributed by atoms with van der Waals surface area (Å²) in [6, 6.07) is 10.0. The van der Waals surface area contributed by atoms with Gasteiger partial charge in [0.25, 0.3) is 0 Å². The van der Waals surface area contributed by atoms with Gasteiger partial charge >= 0.3 is 0 Å². The molecule has 0 radical (unpaired) electrons. The molecule has 6 heteroatoms. The highest BCUT2D eigenvalue weighted by molar-refractivity contribution is 5.69. The van der Waals surface area contributed by atoms with Crippen molar-refractivity contribution in [2.75, 3.05) is 0 Å². The summed E-state index contributed by atoms with van der Waals surface area (Å²) in [5.41, 5.74) is 4.59. The van der Waals surface area contributed by atoms with Gasteiger partial charge in [-0.3, -0.25) is 4.68 Å². The molecule has 3 aromatic rings. The Morgan fingerprint density at radius 2 is 2.17 bits per heavy atom. The van der Waals surface area contributed by atoms with Gasteiger partial charge in [0.1, 0.15) is 12.8 Å². The highest BCUT2D eigenvalue weighted by atomic mass is 19.1. The van der Waals surface area contributed by atoms with Crippen LogP contribution in [-0.4, -0.2) is 24.4 Å². The summed E-state index contributed by atoms with van der Waals surface area (Å²) in [5.74, 6) is 0.0123. The number of benzene rings is 1. The number of aliphatic hydroxyl groups is 1. The number of nitrogens with zero attached hydrogens (tertiary/aromatic N) is 4. The molecule has 0 spiro atoms. The Labute approximate surface area is 138 Å². The molecule has 0 amide bonds. The van der Waals surface area contributed by atoms with E-state index >= 15 is 0 Å². The zero-order chi connectivity index (χ0) is 16.3. The predicted octanol–water partition coefficient (Wildman–Crippen LogP) is 2.87. The van der Waals surface area contributed by atoms with Crippen LogP contribution in [0, 0.1) is 5.92 Å². The topological polar surface area (TPSA) is 55.9 Å². The van der Waals surface area contributed by atoms with Gasteiger partial charge in [-0.15, -0.1) is 0 Å². The van der Waals surface area contributed by atoms with Crippen LogP contribution in [0.1, 0.15) is 35.5 Å². The molecular weight excluding hydrogens is 307 g/mol. The fourth-order valence-corrected chi connectivity index (χ4v) is 4.26. The smallest absolute Gasteiger partial charge is 0.133 e. The van der Waals surface area contributed by atoms with Gasteiger partial charge in [-0.2, -0.15) is 5.10 Å². The molecule has 5 nitrogen and oxygen atoms in total. The molecule has 0 saturated carbocycles. The highest BCUT2D eigenvalue weighted by Crippen LogP contribution is 2.48. The average molecular weight is 324 g/mol. The van der Waals surface area contributed by atoms with Crippen LogP contribution in [0.2, 0.25) is 0 Å². The number of aliphatic hydroxyl groups excluding tert-OH is 1. The van der Waals surface area contributed by atoms with Gasteiger partial charge in [0.15, 0.2) is 0 Å². The molecule has 2 aromatic heterocycles. The maximum Gasteiger partial charge on any atom is 0.133 e. The number of rotatable bonds is 2. The quantitative estimate of drug-likeness (QED) is 0.788. The molecule has 24 heavy (non-hydrogen) atoms. The average Bonchev–Trinajstić information content (AvgIpc) is 3.29. The van der Waals surface area contributed by atoms with Crippen LogP contribution in [0.25, 0.3) is 11.3 Å². The lowest BCUT2D eigenvalue weighted by Gasteiger charge is -2.34. The minimum atomic E-state index is -0.669. The lowest BCUT2D eigenvalue weighted by atomic mass is 9.83. The first-order valence-corrected chi connectivity index (χ1v) is 8.19. The van der Waals surface area contributed by atoms with Crippen molar-refractivity contribution in [1.82, 2.24) is 19.3 Å². The van der Waals surface area contributed by atoms with Gasteiger partial charge in [0.2, 0.25) is 0 Å². The second-order valence-electron chi connectivity index (χ2n) is 6.53. The third-order valence-electron chi connectivity index (χ3n) is 5.31. The molecule has 0 fully saturated rings. The van der Waals surface area contributed by atoms with E-state index in [1.165, 1.54) is 11.1 Å². The van der Waals surface area contributed by atoms with Gasteiger partial charge in [-0.05, 0) is 18.1 Å². The van der Waals surface area contributed by atoms with Crippen LogP contribution < -0.4 is 0 Å². The lowest BCUT2D eigenvalue weighted by molar-refractivity contribution is 0.0525. The third kappa shape index (κ3) is 1.77. The predicted molar refractivity (Wildman–Crippen MR) is 85.9 cm³/mol. The van der Waals surface area contributed by atoms with Crippen LogP contribution in [0.3, 0.4) is 0 Å². The molecule has 0 saturated heterocycles. The van der Waals surface area contributed by atoms with Crippen molar-refractivity contribution in [2.24, 2.45) is 5.92 Å². The summed E-state index contributed by atoms with van der Waals surface area (Å²) in [6.45, 7) is 0.0923. The minimum Gasteiger partial charge on any atom is -0.386 e. The number of alkyl halides is 1. The maximum atomic E-state index is 12.9. The third-order valence-corrected chi connectivity index (χ3v) is 5.31. The van der Waals surface area contributed by atoms with E-state index in [1.807, 2.05) is 24.7 Å². The highest BCUT2D eigenvalue weighted by Gasteiger charge is 2.41. The van der Waals surface area contributed by atoms with Gasteiger partial charge in [-0.25, -0.2) is 9.37 Å². The Bertz CT molecular complexity index is 915. The van der Waals surface area contributed by atoms with Crippen molar-refractivity contribution in [3.63, 3.8) is 0 Å². The van der Waals surface area contributed by atoms with E-state index in [9.17, 15) is 9.50 Å². The number of fused-ring (bicyclic) bond motifs is 4. The van der Waals surface area contributed by atoms with Crippen LogP contribution in [0.5, 0.6) is 0 Å². The Balaban J connectivity index is 1.60. The second kappa shape index (κ2) is 5.01. The first-order chi connectivity index (χ1) is 11.8. The van der Waals surface area contributed by atoms with E-state index in [4.69, 9.17) is 0 Å². The Morgan fingerprint density at radius 1 is 1.29 bits per heavy atom. The van der Waals surface area contributed by atoms with Gasteiger partial charge < -0.3 is 9.67 Å². The van der Waals surface area contributed by atoms with Gasteiger partial charge in [-0.1, -0.05) is 24.3 Å². The Hall–Kier alpha value is -2.47. The fourth-order valence-electron chi connectivity index (χ4n) is 4.26. The van der Waals surface area contributed by atoms with Gasteiger partial charge in [0, 0.05) is 18.0 Å². The molecule has 2 aliphatic heterocycles. The first kappa shape index (κ1) is 13.9. The first-order valence-electron chi connectivity index (χ1n) is 8.19. The molecule has 1 unspecified atom stereocenters. The fraction of sp³-hybridized carbons (Fsp3) is 0.333. The van der Waals surface area contributed by atoms with Crippen molar-refractivity contribution in [3.05, 3.63) is 59.8 Å². The SMILES string of the molecule is O[C@H]1c2cc(CF)nn2CC[C@@H]1C1c2ccccc2-c2cncn21. The van der Waals surface area contributed by atoms with Crippen molar-refractivity contribution < 1.29 is 9.50 Å². The minimum absolute atomic E-state index is 0.0123. The lowest BCUT2D eigenvalue weighted by Crippen LogP contribution is -2.31. The maximum absolute atomic E-state index is 12.9. The van der Waals surface area contributed by atoms with E-state index in [0.717, 1.165) is 12.1 Å². The van der Waals surface area contributed by atoms with E-state index in [0.29, 0.717) is 17.9 Å². The molecule has 5 rings (SSSR count). The normalized spacial score (nSPS) is 24.5. The van der Waals surface area contributed by atoms with Crippen LogP contribution in [0.15, 0.2) is 42.9 Å². The van der Waals surface area contributed by atoms with Crippen molar-refractivity contribution in [2.45, 2.75) is 31.8 Å². The number of halogens is 1. The molecule has 2 aliphatic rings. The van der Waals surface area contributed by atoms with Crippen LogP contribution in [-0.2, 0) is 13.2 Å². The molecular formula is C18H17FN4O. The molecule has 4 heterocycles. The molecule has 0 aliphatic carbocycles. The number of imidazole rings is 1.